The van der Waals surface area contributed by atoms with E-state index in [9.17, 15) is 9.59 Å². The fraction of sp³-hybridized carbons (Fsp3) is 0.227. The molecule has 1 saturated heterocycles. The van der Waals surface area contributed by atoms with Gasteiger partial charge in [-0.2, -0.15) is 0 Å². The summed E-state index contributed by atoms with van der Waals surface area (Å²) in [6, 6.07) is 14.5. The number of methoxy groups -OCH3 is 2. The van der Waals surface area contributed by atoms with Crippen LogP contribution in [0.3, 0.4) is 0 Å². The first kappa shape index (κ1) is 20.0. The Bertz CT molecular complexity index is 1030. The van der Waals surface area contributed by atoms with Gasteiger partial charge in [0.25, 0.3) is 5.91 Å². The van der Waals surface area contributed by atoms with Crippen LogP contribution in [0.4, 0.5) is 5.69 Å². The summed E-state index contributed by atoms with van der Waals surface area (Å²) < 4.78 is 15.5. The van der Waals surface area contributed by atoms with Gasteiger partial charge in [0.15, 0.2) is 5.17 Å². The third-order valence-corrected chi connectivity index (χ3v) is 5.89. The van der Waals surface area contributed by atoms with Crippen molar-refractivity contribution >= 4 is 40.6 Å². The largest absolute Gasteiger partial charge is 0.497 e. The van der Waals surface area contributed by atoms with Crippen LogP contribution in [0.15, 0.2) is 59.2 Å². The predicted molar refractivity (Wildman–Crippen MR) is 116 cm³/mol. The van der Waals surface area contributed by atoms with Gasteiger partial charge in [-0.25, -0.2) is 4.99 Å². The van der Waals surface area contributed by atoms with Crippen molar-refractivity contribution in [2.75, 3.05) is 25.7 Å². The van der Waals surface area contributed by atoms with Crippen LogP contribution in [0.5, 0.6) is 11.5 Å². The second-order valence-corrected chi connectivity index (χ2v) is 7.77. The van der Waals surface area contributed by atoms with E-state index in [0.717, 1.165) is 11.3 Å². The molecule has 1 atom stereocenters. The summed E-state index contributed by atoms with van der Waals surface area (Å²) in [5, 5.41) is 0.0573. The number of anilines is 1. The normalized spacial score (nSPS) is 19.8. The molecule has 0 aromatic heterocycles. The Morgan fingerprint density at radius 3 is 2.53 bits per heavy atom. The molecule has 0 saturated carbocycles. The van der Waals surface area contributed by atoms with Crippen molar-refractivity contribution in [1.29, 1.82) is 0 Å². The first-order valence-electron chi connectivity index (χ1n) is 9.35. The Morgan fingerprint density at radius 1 is 1.10 bits per heavy atom. The third kappa shape index (κ3) is 4.04. The molecular formula is C22H20N2O5S. The van der Waals surface area contributed by atoms with Crippen LogP contribution in [0, 0.1) is 0 Å². The number of esters is 1. The van der Waals surface area contributed by atoms with Gasteiger partial charge in [0.05, 0.1) is 26.5 Å². The highest BCUT2D eigenvalue weighted by Crippen LogP contribution is 2.34. The molecule has 7 nitrogen and oxygen atoms in total. The van der Waals surface area contributed by atoms with E-state index in [1.165, 1.54) is 16.7 Å². The van der Waals surface area contributed by atoms with Crippen LogP contribution in [-0.2, 0) is 14.3 Å². The van der Waals surface area contributed by atoms with Crippen LogP contribution >= 0.6 is 11.8 Å². The lowest BCUT2D eigenvalue weighted by molar-refractivity contribution is -0.137. The third-order valence-electron chi connectivity index (χ3n) is 4.70. The zero-order chi connectivity index (χ0) is 21.1. The monoisotopic (exact) mass is 424 g/mol. The summed E-state index contributed by atoms with van der Waals surface area (Å²) >= 11 is 1.24. The van der Waals surface area contributed by atoms with E-state index in [-0.39, 0.29) is 22.8 Å². The number of hydrogen-bond donors (Lipinski definition) is 0. The fourth-order valence-corrected chi connectivity index (χ4v) is 4.20. The molecule has 1 fully saturated rings. The first-order valence-corrected chi connectivity index (χ1v) is 10.2. The summed E-state index contributed by atoms with van der Waals surface area (Å²) in [4.78, 5) is 31.3. The van der Waals surface area contributed by atoms with Crippen LogP contribution in [-0.4, -0.2) is 43.1 Å². The molecule has 1 amide bonds. The van der Waals surface area contributed by atoms with Gasteiger partial charge < -0.3 is 14.2 Å². The van der Waals surface area contributed by atoms with Gasteiger partial charge in [0.2, 0.25) is 0 Å². The van der Waals surface area contributed by atoms with Crippen molar-refractivity contribution in [2.24, 2.45) is 4.99 Å². The highest BCUT2D eigenvalue weighted by molar-refractivity contribution is 8.15. The number of rotatable bonds is 5. The maximum atomic E-state index is 13.2. The number of thioether (sulfide) groups is 1. The molecule has 2 aliphatic heterocycles. The molecule has 8 heteroatoms. The molecule has 0 radical (unpaired) electrons. The molecule has 0 unspecified atom stereocenters. The standard InChI is InChI=1S/C22H20N2O5S/c1-27-16-8-6-14(7-9-16)12-18-20(25)24(15-4-3-5-17(13-15)28-2)22(23-18)30-19-10-11-29-21(19)26/h3-9,12-13,19H,10-11H2,1-2H3/b18-12-/t19-/m0/s1. The number of aliphatic imine (C=N–C) groups is 1. The van der Waals surface area contributed by atoms with E-state index in [4.69, 9.17) is 14.2 Å². The van der Waals surface area contributed by atoms with Crippen molar-refractivity contribution in [2.45, 2.75) is 11.7 Å². The van der Waals surface area contributed by atoms with Crippen molar-refractivity contribution in [3.05, 3.63) is 59.8 Å². The number of ether oxygens (including phenoxy) is 3. The maximum absolute atomic E-state index is 13.2. The van der Waals surface area contributed by atoms with E-state index in [1.807, 2.05) is 24.3 Å². The van der Waals surface area contributed by atoms with Crippen molar-refractivity contribution in [3.63, 3.8) is 0 Å². The molecule has 2 aromatic carbocycles. The summed E-state index contributed by atoms with van der Waals surface area (Å²) in [5.74, 6) is 0.797. The van der Waals surface area contributed by atoms with Crippen molar-refractivity contribution in [1.82, 2.24) is 0 Å². The van der Waals surface area contributed by atoms with Crippen molar-refractivity contribution in [3.8, 4) is 11.5 Å². The first-order chi connectivity index (χ1) is 14.6. The van der Waals surface area contributed by atoms with Gasteiger partial charge in [0, 0.05) is 12.5 Å². The van der Waals surface area contributed by atoms with Gasteiger partial charge in [-0.05, 0) is 35.9 Å². The lowest BCUT2D eigenvalue weighted by Crippen LogP contribution is -2.32. The number of nitrogens with zero attached hydrogens (tertiary/aromatic N) is 2. The van der Waals surface area contributed by atoms with E-state index < -0.39 is 0 Å². The molecular weight excluding hydrogens is 404 g/mol. The number of hydrogen-bond acceptors (Lipinski definition) is 7. The quantitative estimate of drug-likeness (QED) is 0.540. The highest BCUT2D eigenvalue weighted by Gasteiger charge is 2.37. The molecule has 4 rings (SSSR count). The molecule has 0 aliphatic carbocycles. The molecule has 0 N–H and O–H groups in total. The number of carbonyl (C=O) groups is 2. The van der Waals surface area contributed by atoms with Gasteiger partial charge >= 0.3 is 5.97 Å². The maximum Gasteiger partial charge on any atom is 0.319 e. The Labute approximate surface area is 178 Å². The van der Waals surface area contributed by atoms with Gasteiger partial charge in [-0.1, -0.05) is 30.0 Å². The Hall–Kier alpha value is -3.26. The molecule has 154 valence electrons. The molecule has 0 spiro atoms. The smallest absolute Gasteiger partial charge is 0.319 e. The topological polar surface area (TPSA) is 77.4 Å². The zero-order valence-corrected chi connectivity index (χ0v) is 17.3. The van der Waals surface area contributed by atoms with Crippen molar-refractivity contribution < 1.29 is 23.8 Å². The summed E-state index contributed by atoms with van der Waals surface area (Å²) in [6.07, 6.45) is 2.30. The molecule has 0 bridgehead atoms. The second kappa shape index (κ2) is 8.62. The van der Waals surface area contributed by atoms with Gasteiger partial charge in [-0.15, -0.1) is 0 Å². The summed E-state index contributed by atoms with van der Waals surface area (Å²) in [7, 11) is 3.17. The van der Waals surface area contributed by atoms with Crippen LogP contribution in [0.2, 0.25) is 0 Å². The second-order valence-electron chi connectivity index (χ2n) is 6.60. The number of amidine groups is 1. The number of amides is 1. The number of cyclic esters (lactones) is 1. The molecule has 2 aromatic rings. The highest BCUT2D eigenvalue weighted by atomic mass is 32.2. The summed E-state index contributed by atoms with van der Waals surface area (Å²) in [5.41, 5.74) is 1.73. The molecule has 30 heavy (non-hydrogen) atoms. The lowest BCUT2D eigenvalue weighted by Gasteiger charge is -2.19. The Morgan fingerprint density at radius 2 is 1.87 bits per heavy atom. The average molecular weight is 424 g/mol. The molecule has 2 aliphatic rings. The van der Waals surface area contributed by atoms with E-state index in [1.54, 1.807) is 44.6 Å². The average Bonchev–Trinajstić information content (AvgIpc) is 3.31. The van der Waals surface area contributed by atoms with E-state index in [2.05, 4.69) is 4.99 Å². The van der Waals surface area contributed by atoms with Crippen LogP contribution < -0.4 is 14.4 Å². The predicted octanol–water partition coefficient (Wildman–Crippen LogP) is 3.50. The molecule has 2 heterocycles. The Kier molecular flexibility index (Phi) is 5.76. The lowest BCUT2D eigenvalue weighted by atomic mass is 10.2. The van der Waals surface area contributed by atoms with Gasteiger partial charge in [-0.3, -0.25) is 14.5 Å². The van der Waals surface area contributed by atoms with Crippen LogP contribution in [0.25, 0.3) is 6.08 Å². The Balaban J connectivity index is 1.69. The number of carbonyl (C=O) groups excluding carboxylic acids is 2. The van der Waals surface area contributed by atoms with E-state index in [0.29, 0.717) is 29.6 Å². The minimum atomic E-state index is -0.384. The number of benzene rings is 2. The summed E-state index contributed by atoms with van der Waals surface area (Å²) in [6.45, 7) is 0.380. The van der Waals surface area contributed by atoms with Gasteiger partial charge in [0.1, 0.15) is 22.4 Å². The SMILES string of the molecule is COc1ccc(/C=C2\N=C(S[C@H]3CCOC3=O)N(c3cccc(OC)c3)C2=O)cc1. The van der Waals surface area contributed by atoms with Crippen LogP contribution in [0.1, 0.15) is 12.0 Å². The fourth-order valence-electron chi connectivity index (χ4n) is 3.12. The zero-order valence-electron chi connectivity index (χ0n) is 16.5. The minimum absolute atomic E-state index is 0.270. The van der Waals surface area contributed by atoms with E-state index >= 15 is 0 Å². The minimum Gasteiger partial charge on any atom is -0.497 e.